The first-order chi connectivity index (χ1) is 7.09. The van der Waals surface area contributed by atoms with Crippen LogP contribution in [0.2, 0.25) is 0 Å². The summed E-state index contributed by atoms with van der Waals surface area (Å²) in [6, 6.07) is 6.73. The molecule has 2 rings (SSSR count). The van der Waals surface area contributed by atoms with Crippen LogP contribution in [0.15, 0.2) is 18.2 Å². The fourth-order valence-corrected chi connectivity index (χ4v) is 1.61. The summed E-state index contributed by atoms with van der Waals surface area (Å²) in [5.41, 5.74) is 9.07. The van der Waals surface area contributed by atoms with E-state index in [-0.39, 0.29) is 5.84 Å². The molecule has 0 amide bonds. The third-order valence-corrected chi connectivity index (χ3v) is 2.25. The van der Waals surface area contributed by atoms with Crippen LogP contribution in [0.25, 0.3) is 0 Å². The first-order valence-corrected chi connectivity index (χ1v) is 5.19. The van der Waals surface area contributed by atoms with Crippen LogP contribution in [0.5, 0.6) is 0 Å². The van der Waals surface area contributed by atoms with Crippen LogP contribution in [-0.4, -0.2) is 12.4 Å². The number of hydrogen-bond acceptors (Lipinski definition) is 2. The Kier molecular flexibility index (Phi) is 4.31. The molecule has 0 spiro atoms. The Balaban J connectivity index is 0.000000245. The number of hydrogen-bond donors (Lipinski definition) is 3. The average molecular weight is 205 g/mol. The van der Waals surface area contributed by atoms with E-state index >= 15 is 0 Å². The van der Waals surface area contributed by atoms with Crippen LogP contribution >= 0.6 is 0 Å². The second-order valence-corrected chi connectivity index (χ2v) is 3.88. The van der Waals surface area contributed by atoms with E-state index in [4.69, 9.17) is 11.1 Å². The lowest BCUT2D eigenvalue weighted by Crippen LogP contribution is -2.23. The van der Waals surface area contributed by atoms with Crippen LogP contribution < -0.4 is 11.1 Å². The molecule has 0 radical (unpaired) electrons. The predicted molar refractivity (Wildman–Crippen MR) is 64.2 cm³/mol. The zero-order valence-corrected chi connectivity index (χ0v) is 9.43. The van der Waals surface area contributed by atoms with E-state index in [1.165, 1.54) is 30.0 Å². The van der Waals surface area contributed by atoms with Crippen molar-refractivity contribution in [1.82, 2.24) is 5.32 Å². The molecule has 0 aliphatic carbocycles. The summed E-state index contributed by atoms with van der Waals surface area (Å²) in [6.07, 6.45) is 1.19. The van der Waals surface area contributed by atoms with Gasteiger partial charge in [-0.3, -0.25) is 5.41 Å². The van der Waals surface area contributed by atoms with Crippen LogP contribution in [0.4, 0.5) is 0 Å². The fraction of sp³-hybridized carbons (Fsp3) is 0.417. The van der Waals surface area contributed by atoms with Gasteiger partial charge in [0.25, 0.3) is 0 Å². The van der Waals surface area contributed by atoms with Gasteiger partial charge in [0.2, 0.25) is 0 Å². The number of rotatable bonds is 0. The maximum Gasteiger partial charge on any atom is 0.0873 e. The average Bonchev–Trinajstić information content (AvgIpc) is 2.16. The van der Waals surface area contributed by atoms with Gasteiger partial charge < -0.3 is 11.1 Å². The Morgan fingerprint density at radius 3 is 2.73 bits per heavy atom. The van der Waals surface area contributed by atoms with Gasteiger partial charge in [-0.1, -0.05) is 23.8 Å². The number of aryl methyl sites for hydroxylation is 1. The number of amidine groups is 1. The van der Waals surface area contributed by atoms with Crippen molar-refractivity contribution in [2.75, 3.05) is 6.54 Å². The minimum Gasteiger partial charge on any atom is -0.388 e. The Labute approximate surface area is 91.2 Å². The summed E-state index contributed by atoms with van der Waals surface area (Å²) in [7, 11) is 0. The number of benzene rings is 1. The Morgan fingerprint density at radius 1 is 1.40 bits per heavy atom. The minimum absolute atomic E-state index is 0.167. The largest absolute Gasteiger partial charge is 0.388 e. The molecule has 15 heavy (non-hydrogen) atoms. The third kappa shape index (κ3) is 4.13. The molecule has 1 aliphatic heterocycles. The highest BCUT2D eigenvalue weighted by Crippen LogP contribution is 2.14. The molecule has 1 heterocycles. The molecule has 3 nitrogen and oxygen atoms in total. The zero-order chi connectivity index (χ0) is 11.3. The lowest BCUT2D eigenvalue weighted by molar-refractivity contribution is 0.643. The molecule has 0 atom stereocenters. The maximum absolute atomic E-state index is 6.28. The van der Waals surface area contributed by atoms with Gasteiger partial charge in [-0.05, 0) is 37.9 Å². The van der Waals surface area contributed by atoms with Gasteiger partial charge in [-0.2, -0.15) is 0 Å². The lowest BCUT2D eigenvalue weighted by Gasteiger charge is -2.16. The van der Waals surface area contributed by atoms with E-state index in [0.717, 1.165) is 13.1 Å². The Morgan fingerprint density at radius 2 is 2.07 bits per heavy atom. The summed E-state index contributed by atoms with van der Waals surface area (Å²) >= 11 is 0. The summed E-state index contributed by atoms with van der Waals surface area (Å²) in [6.45, 7) is 5.86. The fourth-order valence-electron chi connectivity index (χ4n) is 1.61. The molecular weight excluding hydrogens is 186 g/mol. The van der Waals surface area contributed by atoms with Gasteiger partial charge in [0.1, 0.15) is 0 Å². The number of nitrogens with one attached hydrogen (secondary N) is 2. The van der Waals surface area contributed by atoms with E-state index in [1.807, 2.05) is 0 Å². The lowest BCUT2D eigenvalue weighted by atomic mass is 9.99. The molecule has 3 heteroatoms. The van der Waals surface area contributed by atoms with Gasteiger partial charge >= 0.3 is 0 Å². The van der Waals surface area contributed by atoms with Crippen molar-refractivity contribution in [3.63, 3.8) is 0 Å². The van der Waals surface area contributed by atoms with E-state index in [0.29, 0.717) is 0 Å². The molecule has 0 saturated carbocycles. The quantitative estimate of drug-likeness (QED) is 0.445. The van der Waals surface area contributed by atoms with Crippen LogP contribution in [0, 0.1) is 12.3 Å². The van der Waals surface area contributed by atoms with Gasteiger partial charge in [-0.25, -0.2) is 0 Å². The number of fused-ring (bicyclic) bond motifs is 1. The first kappa shape index (κ1) is 11.7. The van der Waals surface area contributed by atoms with E-state index in [9.17, 15) is 0 Å². The first-order valence-electron chi connectivity index (χ1n) is 5.19. The molecule has 82 valence electrons. The zero-order valence-electron chi connectivity index (χ0n) is 9.43. The molecule has 1 aromatic rings. The monoisotopic (exact) mass is 205 g/mol. The maximum atomic E-state index is 6.28. The van der Waals surface area contributed by atoms with Crippen molar-refractivity contribution in [2.24, 2.45) is 5.73 Å². The molecule has 4 N–H and O–H groups in total. The molecular formula is C12H19N3. The van der Waals surface area contributed by atoms with Crippen molar-refractivity contribution in [1.29, 1.82) is 5.41 Å². The van der Waals surface area contributed by atoms with Crippen LogP contribution in [-0.2, 0) is 13.0 Å². The molecule has 1 aliphatic rings. The molecule has 0 bridgehead atoms. The third-order valence-electron chi connectivity index (χ3n) is 2.25. The highest BCUT2D eigenvalue weighted by Gasteiger charge is 2.06. The van der Waals surface area contributed by atoms with Crippen LogP contribution in [0.1, 0.15) is 23.6 Å². The van der Waals surface area contributed by atoms with Crippen molar-refractivity contribution >= 4 is 5.84 Å². The van der Waals surface area contributed by atoms with Crippen LogP contribution in [0.3, 0.4) is 0 Å². The molecule has 0 unspecified atom stereocenters. The van der Waals surface area contributed by atoms with E-state index in [1.54, 1.807) is 0 Å². The van der Waals surface area contributed by atoms with Gasteiger partial charge in [0.05, 0.1) is 5.84 Å². The van der Waals surface area contributed by atoms with Crippen molar-refractivity contribution < 1.29 is 0 Å². The Hall–Kier alpha value is -1.35. The minimum atomic E-state index is 0.167. The smallest absolute Gasteiger partial charge is 0.0873 e. The summed E-state index contributed by atoms with van der Waals surface area (Å²) < 4.78 is 0. The normalized spacial score (nSPS) is 13.5. The van der Waals surface area contributed by atoms with E-state index in [2.05, 4.69) is 30.4 Å². The van der Waals surface area contributed by atoms with Crippen molar-refractivity contribution in [3.8, 4) is 0 Å². The van der Waals surface area contributed by atoms with Crippen molar-refractivity contribution in [2.45, 2.75) is 26.8 Å². The van der Waals surface area contributed by atoms with Crippen molar-refractivity contribution in [3.05, 3.63) is 34.9 Å². The predicted octanol–water partition coefficient (Wildman–Crippen LogP) is 1.58. The molecule has 0 aromatic heterocycles. The summed E-state index contributed by atoms with van der Waals surface area (Å²) in [4.78, 5) is 0. The SMILES string of the molecule is CC(=N)N.Cc1ccc2c(c1)CNCC2. The highest BCUT2D eigenvalue weighted by atomic mass is 14.9. The topological polar surface area (TPSA) is 61.9 Å². The number of nitrogens with two attached hydrogens (primary N) is 1. The molecule has 0 fully saturated rings. The summed E-state index contributed by atoms with van der Waals surface area (Å²) in [5, 5.41) is 9.65. The molecule has 0 saturated heterocycles. The Bertz CT molecular complexity index is 341. The van der Waals surface area contributed by atoms with Gasteiger partial charge in [0.15, 0.2) is 0 Å². The van der Waals surface area contributed by atoms with Gasteiger partial charge in [0, 0.05) is 6.54 Å². The van der Waals surface area contributed by atoms with Gasteiger partial charge in [-0.15, -0.1) is 0 Å². The second kappa shape index (κ2) is 5.51. The standard InChI is InChI=1S/C10H13N.C2H6N2/c1-8-2-3-9-4-5-11-7-10(9)6-8;1-2(3)4/h2-3,6,11H,4-5,7H2,1H3;1H3,(H3,3,4). The second-order valence-electron chi connectivity index (χ2n) is 3.88. The highest BCUT2D eigenvalue weighted by molar-refractivity contribution is 5.73. The van der Waals surface area contributed by atoms with E-state index < -0.39 is 0 Å². The summed E-state index contributed by atoms with van der Waals surface area (Å²) in [5.74, 6) is 0.167. The molecule has 1 aromatic carbocycles.